The zero-order valence-corrected chi connectivity index (χ0v) is 15.4. The summed E-state index contributed by atoms with van der Waals surface area (Å²) in [6.07, 6.45) is 0. The summed E-state index contributed by atoms with van der Waals surface area (Å²) < 4.78 is 26.4. The molecule has 7 heteroatoms. The molecule has 25 heavy (non-hydrogen) atoms. The minimum Gasteiger partial charge on any atom is -0.368 e. The lowest BCUT2D eigenvalue weighted by molar-refractivity contribution is 0.580. The highest BCUT2D eigenvalue weighted by molar-refractivity contribution is 7.90. The SMILES string of the molecule is CC(C)S(=O)(=O)n1c(N)nc2ccc(/C(=C\Cl)c3ccccc3)cc21. The number of aromatic nitrogens is 2. The van der Waals surface area contributed by atoms with Crippen LogP contribution in [0.4, 0.5) is 5.95 Å². The lowest BCUT2D eigenvalue weighted by atomic mass is 9.99. The summed E-state index contributed by atoms with van der Waals surface area (Å²) in [7, 11) is -3.63. The highest BCUT2D eigenvalue weighted by atomic mass is 35.5. The molecule has 130 valence electrons. The molecule has 3 rings (SSSR count). The summed E-state index contributed by atoms with van der Waals surface area (Å²) in [5.74, 6) is -0.0445. The van der Waals surface area contributed by atoms with Crippen LogP contribution in [0.3, 0.4) is 0 Å². The van der Waals surface area contributed by atoms with Crippen molar-refractivity contribution in [2.75, 3.05) is 5.73 Å². The van der Waals surface area contributed by atoms with Gasteiger partial charge < -0.3 is 5.73 Å². The van der Waals surface area contributed by atoms with Crippen LogP contribution in [0.25, 0.3) is 16.6 Å². The van der Waals surface area contributed by atoms with Crippen LogP contribution >= 0.6 is 11.6 Å². The van der Waals surface area contributed by atoms with E-state index in [1.54, 1.807) is 26.0 Å². The molecule has 0 saturated carbocycles. The predicted octanol–water partition coefficient (Wildman–Crippen LogP) is 3.83. The van der Waals surface area contributed by atoms with Crippen LogP contribution < -0.4 is 5.73 Å². The van der Waals surface area contributed by atoms with Crippen LogP contribution in [0.15, 0.2) is 54.1 Å². The van der Waals surface area contributed by atoms with Gasteiger partial charge in [-0.3, -0.25) is 0 Å². The molecule has 1 aromatic heterocycles. The van der Waals surface area contributed by atoms with E-state index in [-0.39, 0.29) is 5.95 Å². The number of hydrogen-bond donors (Lipinski definition) is 1. The van der Waals surface area contributed by atoms with Gasteiger partial charge >= 0.3 is 0 Å². The maximum absolute atomic E-state index is 12.7. The Kier molecular flexibility index (Phi) is 4.58. The second-order valence-electron chi connectivity index (χ2n) is 5.92. The smallest absolute Gasteiger partial charge is 0.244 e. The Morgan fingerprint density at radius 1 is 1.16 bits per heavy atom. The highest BCUT2D eigenvalue weighted by Crippen LogP contribution is 2.29. The molecule has 2 aromatic carbocycles. The minimum atomic E-state index is -3.63. The maximum Gasteiger partial charge on any atom is 0.244 e. The Labute approximate surface area is 151 Å². The summed E-state index contributed by atoms with van der Waals surface area (Å²) in [5.41, 5.74) is 10.8. The van der Waals surface area contributed by atoms with Gasteiger partial charge in [0, 0.05) is 11.1 Å². The number of nitrogens with two attached hydrogens (primary N) is 1. The van der Waals surface area contributed by atoms with Crippen LogP contribution in [-0.2, 0) is 10.0 Å². The topological polar surface area (TPSA) is 78.0 Å². The molecule has 0 radical (unpaired) electrons. The number of anilines is 1. The van der Waals surface area contributed by atoms with Gasteiger partial charge in [0.15, 0.2) is 0 Å². The fourth-order valence-corrected chi connectivity index (χ4v) is 4.02. The van der Waals surface area contributed by atoms with Crippen molar-refractivity contribution in [1.29, 1.82) is 0 Å². The van der Waals surface area contributed by atoms with Crippen molar-refractivity contribution in [2.45, 2.75) is 19.1 Å². The first-order valence-corrected chi connectivity index (χ1v) is 9.68. The van der Waals surface area contributed by atoms with Crippen molar-refractivity contribution in [2.24, 2.45) is 0 Å². The maximum atomic E-state index is 12.7. The van der Waals surface area contributed by atoms with E-state index in [1.807, 2.05) is 36.4 Å². The van der Waals surface area contributed by atoms with E-state index < -0.39 is 15.3 Å². The summed E-state index contributed by atoms with van der Waals surface area (Å²) in [5, 5.41) is -0.618. The first-order chi connectivity index (χ1) is 11.9. The van der Waals surface area contributed by atoms with E-state index in [2.05, 4.69) is 4.98 Å². The van der Waals surface area contributed by atoms with Crippen LogP contribution in [0.5, 0.6) is 0 Å². The van der Waals surface area contributed by atoms with Gasteiger partial charge in [-0.2, -0.15) is 0 Å². The summed E-state index contributed by atoms with van der Waals surface area (Å²) in [6.45, 7) is 3.22. The molecule has 0 unspecified atom stereocenters. The van der Waals surface area contributed by atoms with Crippen molar-refractivity contribution in [3.8, 4) is 0 Å². The number of nitrogen functional groups attached to an aromatic ring is 1. The zero-order chi connectivity index (χ0) is 18.2. The molecule has 5 nitrogen and oxygen atoms in total. The first-order valence-electron chi connectivity index (χ1n) is 7.75. The van der Waals surface area contributed by atoms with Crippen LogP contribution in [0.1, 0.15) is 25.0 Å². The van der Waals surface area contributed by atoms with Gasteiger partial charge in [-0.05, 0) is 37.1 Å². The summed E-state index contributed by atoms with van der Waals surface area (Å²) >= 11 is 6.05. The lowest BCUT2D eigenvalue weighted by Gasteiger charge is -2.12. The van der Waals surface area contributed by atoms with Crippen molar-refractivity contribution in [1.82, 2.24) is 8.96 Å². The average Bonchev–Trinajstić information content (AvgIpc) is 2.92. The third-order valence-corrected chi connectivity index (χ3v) is 6.29. The molecule has 0 bridgehead atoms. The number of hydrogen-bond acceptors (Lipinski definition) is 4. The Morgan fingerprint density at radius 3 is 2.44 bits per heavy atom. The van der Waals surface area contributed by atoms with E-state index in [4.69, 9.17) is 17.3 Å². The highest BCUT2D eigenvalue weighted by Gasteiger charge is 2.24. The van der Waals surface area contributed by atoms with E-state index in [0.29, 0.717) is 11.0 Å². The number of benzene rings is 2. The van der Waals surface area contributed by atoms with Crippen molar-refractivity contribution >= 4 is 44.2 Å². The lowest BCUT2D eigenvalue weighted by Crippen LogP contribution is -2.23. The zero-order valence-electron chi connectivity index (χ0n) is 13.8. The van der Waals surface area contributed by atoms with Gasteiger partial charge in [0.2, 0.25) is 16.0 Å². The standard InChI is InChI=1S/C18H18ClN3O2S/c1-12(2)25(23,24)22-17-10-14(8-9-16(17)21-18(22)20)15(11-19)13-6-4-3-5-7-13/h3-12H,1-2H3,(H2,20,21)/b15-11-. The largest absolute Gasteiger partial charge is 0.368 e. The molecular weight excluding hydrogens is 358 g/mol. The molecule has 0 atom stereocenters. The molecule has 0 fully saturated rings. The normalized spacial score (nSPS) is 12.9. The van der Waals surface area contributed by atoms with Crippen molar-refractivity contribution in [3.63, 3.8) is 0 Å². The Balaban J connectivity index is 2.24. The number of halogens is 1. The molecule has 0 spiro atoms. The molecule has 0 aliphatic rings. The number of rotatable bonds is 4. The Bertz CT molecular complexity index is 1050. The molecule has 0 aliphatic carbocycles. The Hall–Kier alpha value is -2.31. The predicted molar refractivity (Wildman–Crippen MR) is 103 cm³/mol. The second-order valence-corrected chi connectivity index (χ2v) is 8.48. The van der Waals surface area contributed by atoms with Gasteiger partial charge in [0.1, 0.15) is 0 Å². The molecule has 0 saturated heterocycles. The monoisotopic (exact) mass is 375 g/mol. The van der Waals surface area contributed by atoms with E-state index in [9.17, 15) is 8.42 Å². The van der Waals surface area contributed by atoms with Crippen molar-refractivity contribution in [3.05, 3.63) is 65.2 Å². The average molecular weight is 376 g/mol. The summed E-state index contributed by atoms with van der Waals surface area (Å²) in [6, 6.07) is 15.0. The molecule has 3 aromatic rings. The van der Waals surface area contributed by atoms with Crippen molar-refractivity contribution < 1.29 is 8.42 Å². The van der Waals surface area contributed by atoms with Gasteiger partial charge in [-0.15, -0.1) is 0 Å². The minimum absolute atomic E-state index is 0.0445. The van der Waals surface area contributed by atoms with Gasteiger partial charge in [-0.1, -0.05) is 48.0 Å². The Morgan fingerprint density at radius 2 is 1.84 bits per heavy atom. The second kappa shape index (κ2) is 6.54. The molecule has 2 N–H and O–H groups in total. The van der Waals surface area contributed by atoms with Crippen LogP contribution in [-0.4, -0.2) is 22.6 Å². The number of fused-ring (bicyclic) bond motifs is 1. The quantitative estimate of drug-likeness (QED) is 0.751. The van der Waals surface area contributed by atoms with E-state index >= 15 is 0 Å². The first kappa shape index (κ1) is 17.5. The van der Waals surface area contributed by atoms with E-state index in [0.717, 1.165) is 20.7 Å². The summed E-state index contributed by atoms with van der Waals surface area (Å²) in [4.78, 5) is 4.17. The fourth-order valence-electron chi connectivity index (χ4n) is 2.63. The molecule has 0 aliphatic heterocycles. The van der Waals surface area contributed by atoms with Gasteiger partial charge in [0.25, 0.3) is 0 Å². The number of nitrogens with zero attached hydrogens (tertiary/aromatic N) is 2. The third-order valence-electron chi connectivity index (χ3n) is 3.99. The van der Waals surface area contributed by atoms with Crippen LogP contribution in [0.2, 0.25) is 0 Å². The van der Waals surface area contributed by atoms with Gasteiger partial charge in [-0.25, -0.2) is 17.4 Å². The third kappa shape index (κ3) is 3.03. The fraction of sp³-hybridized carbons (Fsp3) is 0.167. The molecule has 1 heterocycles. The number of imidazole rings is 1. The van der Waals surface area contributed by atoms with Gasteiger partial charge in [0.05, 0.1) is 16.3 Å². The van der Waals surface area contributed by atoms with Crippen LogP contribution in [0, 0.1) is 0 Å². The molecule has 0 amide bonds. The van der Waals surface area contributed by atoms with E-state index in [1.165, 1.54) is 5.54 Å². The molecular formula is C18H18ClN3O2S.